The minimum Gasteiger partial charge on any atom is -0.329 e. The van der Waals surface area contributed by atoms with Crippen molar-refractivity contribution >= 4 is 6.29 Å². The molecule has 0 amide bonds. The first-order chi connectivity index (χ1) is 14.3. The van der Waals surface area contributed by atoms with E-state index in [0.29, 0.717) is 0 Å². The van der Waals surface area contributed by atoms with Crippen molar-refractivity contribution in [1.29, 1.82) is 0 Å². The third-order valence-corrected chi connectivity index (χ3v) is 5.58. The summed E-state index contributed by atoms with van der Waals surface area (Å²) in [5, 5.41) is 0. The molecule has 2 nitrogen and oxygen atoms in total. The predicted octanol–water partition coefficient (Wildman–Crippen LogP) is 6.02. The first kappa shape index (κ1) is 20.6. The molecule has 2 heteroatoms. The van der Waals surface area contributed by atoms with Crippen molar-refractivity contribution in [3.8, 4) is 0 Å². The van der Waals surface area contributed by atoms with Crippen LogP contribution in [0.5, 0.6) is 0 Å². The fourth-order valence-electron chi connectivity index (χ4n) is 4.00. The summed E-state index contributed by atoms with van der Waals surface area (Å²) in [6.45, 7) is 3.83. The molecule has 0 bridgehead atoms. The summed E-state index contributed by atoms with van der Waals surface area (Å²) in [7, 11) is 0. The third kappa shape index (κ3) is 5.47. The molecule has 1 aliphatic heterocycles. The van der Waals surface area contributed by atoms with Crippen LogP contribution in [0.25, 0.3) is 0 Å². The predicted molar refractivity (Wildman–Crippen MR) is 120 cm³/mol. The summed E-state index contributed by atoms with van der Waals surface area (Å²) < 4.78 is 0. The van der Waals surface area contributed by atoms with E-state index in [4.69, 9.17) is 0 Å². The fourth-order valence-corrected chi connectivity index (χ4v) is 4.00. The highest BCUT2D eigenvalue weighted by molar-refractivity contribution is 5.66. The molecule has 0 fully saturated rings. The molecule has 0 saturated heterocycles. The average molecular weight is 384 g/mol. The first-order valence-corrected chi connectivity index (χ1v) is 10.4. The number of nitrogens with zero attached hydrogens (tertiary/aromatic N) is 1. The van der Waals surface area contributed by atoms with E-state index in [1.54, 1.807) is 0 Å². The summed E-state index contributed by atoms with van der Waals surface area (Å²) in [5.74, 6) is 0. The number of carbonyl (C=O) groups is 1. The Morgan fingerprint density at radius 3 is 1.90 bits per heavy atom. The lowest BCUT2D eigenvalue weighted by molar-refractivity contribution is -0.117. The van der Waals surface area contributed by atoms with Crippen molar-refractivity contribution in [2.75, 3.05) is 0 Å². The normalized spacial score (nSPS) is 13.4. The van der Waals surface area contributed by atoms with Gasteiger partial charge in [-0.05, 0) is 61.8 Å². The Morgan fingerprint density at radius 1 is 0.862 bits per heavy atom. The molecule has 1 heterocycles. The second-order valence-electron chi connectivity index (χ2n) is 7.53. The van der Waals surface area contributed by atoms with Crippen molar-refractivity contribution in [2.45, 2.75) is 44.1 Å². The van der Waals surface area contributed by atoms with Gasteiger partial charge in [0.1, 0.15) is 11.8 Å². The molecule has 2 aromatic rings. The Morgan fingerprint density at radius 2 is 1.41 bits per heavy atom. The number of rotatable bonds is 10. The Hall–Kier alpha value is -3.09. The summed E-state index contributed by atoms with van der Waals surface area (Å²) in [6, 6.07) is 20.9. The second-order valence-corrected chi connectivity index (χ2v) is 7.53. The van der Waals surface area contributed by atoms with Gasteiger partial charge in [0, 0.05) is 6.20 Å². The van der Waals surface area contributed by atoms with E-state index < -0.39 is 5.54 Å². The van der Waals surface area contributed by atoms with Gasteiger partial charge in [-0.25, -0.2) is 0 Å². The Balaban J connectivity index is 1.74. The number of carbonyl (C=O) groups excluding carboxylic acids is 1. The van der Waals surface area contributed by atoms with Crippen molar-refractivity contribution in [3.05, 3.63) is 114 Å². The van der Waals surface area contributed by atoms with Gasteiger partial charge in [0.15, 0.2) is 0 Å². The van der Waals surface area contributed by atoms with Crippen LogP contribution >= 0.6 is 0 Å². The molecule has 1 aliphatic rings. The number of hydrogen-bond donors (Lipinski definition) is 0. The zero-order valence-electron chi connectivity index (χ0n) is 17.0. The zero-order valence-corrected chi connectivity index (χ0v) is 17.0. The van der Waals surface area contributed by atoms with Gasteiger partial charge in [-0.2, -0.15) is 0 Å². The molecule has 0 saturated carbocycles. The van der Waals surface area contributed by atoms with Crippen molar-refractivity contribution < 1.29 is 4.79 Å². The highest BCUT2D eigenvalue weighted by Gasteiger charge is 2.36. The van der Waals surface area contributed by atoms with Crippen LogP contribution in [-0.2, 0) is 17.6 Å². The van der Waals surface area contributed by atoms with Gasteiger partial charge in [0.2, 0.25) is 0 Å². The fraction of sp³-hybridized carbons (Fsp3) is 0.259. The minimum absolute atomic E-state index is 0.579. The molecule has 2 aromatic carbocycles. The molecule has 0 radical (unpaired) electrons. The lowest BCUT2D eigenvalue weighted by atomic mass is 9.84. The SMILES string of the molecule is C=C=C1C=CC=CN1C(C=O)(CCCc1ccccc1)CCCc1ccccc1. The van der Waals surface area contributed by atoms with Crippen LogP contribution < -0.4 is 0 Å². The van der Waals surface area contributed by atoms with Crippen molar-refractivity contribution in [1.82, 2.24) is 4.90 Å². The topological polar surface area (TPSA) is 20.3 Å². The van der Waals surface area contributed by atoms with Crippen molar-refractivity contribution in [2.24, 2.45) is 0 Å². The number of benzene rings is 2. The van der Waals surface area contributed by atoms with Crippen LogP contribution in [0.1, 0.15) is 36.8 Å². The van der Waals surface area contributed by atoms with E-state index in [1.165, 1.54) is 11.1 Å². The van der Waals surface area contributed by atoms with Crippen molar-refractivity contribution in [3.63, 3.8) is 0 Å². The van der Waals surface area contributed by atoms with Crippen LogP contribution in [0.3, 0.4) is 0 Å². The smallest absolute Gasteiger partial charge is 0.145 e. The molecule has 29 heavy (non-hydrogen) atoms. The molecule has 0 aliphatic carbocycles. The van der Waals surface area contributed by atoms with E-state index >= 15 is 0 Å². The van der Waals surface area contributed by atoms with E-state index in [0.717, 1.165) is 50.5 Å². The van der Waals surface area contributed by atoms with Gasteiger partial charge in [-0.15, -0.1) is 5.73 Å². The summed E-state index contributed by atoms with van der Waals surface area (Å²) in [5.41, 5.74) is 5.91. The molecule has 0 atom stereocenters. The molecule has 0 aromatic heterocycles. The van der Waals surface area contributed by atoms with Crippen LogP contribution in [0.2, 0.25) is 0 Å². The number of hydrogen-bond acceptors (Lipinski definition) is 2. The van der Waals surface area contributed by atoms with Gasteiger partial charge in [-0.3, -0.25) is 0 Å². The molecular formula is C27H29NO. The zero-order chi connectivity index (χ0) is 20.4. The van der Waals surface area contributed by atoms with Crippen LogP contribution in [0, 0.1) is 0 Å². The van der Waals surface area contributed by atoms with Gasteiger partial charge in [0.25, 0.3) is 0 Å². The average Bonchev–Trinajstić information content (AvgIpc) is 2.79. The lowest BCUT2D eigenvalue weighted by Gasteiger charge is -2.40. The summed E-state index contributed by atoms with van der Waals surface area (Å²) in [6.07, 6.45) is 14.5. The Kier molecular flexibility index (Phi) is 7.44. The van der Waals surface area contributed by atoms with Gasteiger partial charge >= 0.3 is 0 Å². The largest absolute Gasteiger partial charge is 0.329 e. The highest BCUT2D eigenvalue weighted by atomic mass is 16.1. The minimum atomic E-state index is -0.579. The Labute approximate surface area is 174 Å². The quantitative estimate of drug-likeness (QED) is 0.369. The number of allylic oxidation sites excluding steroid dienone is 3. The van der Waals surface area contributed by atoms with E-state index in [1.807, 2.05) is 36.6 Å². The molecule has 0 spiro atoms. The highest BCUT2D eigenvalue weighted by Crippen LogP contribution is 2.32. The summed E-state index contributed by atoms with van der Waals surface area (Å²) >= 11 is 0. The van der Waals surface area contributed by atoms with Crippen LogP contribution in [-0.4, -0.2) is 16.7 Å². The van der Waals surface area contributed by atoms with Gasteiger partial charge in [-0.1, -0.05) is 73.3 Å². The first-order valence-electron chi connectivity index (χ1n) is 10.4. The second kappa shape index (κ2) is 10.5. The van der Waals surface area contributed by atoms with E-state index in [2.05, 4.69) is 65.7 Å². The monoisotopic (exact) mass is 383 g/mol. The number of aldehydes is 1. The molecule has 0 unspecified atom stereocenters. The van der Waals surface area contributed by atoms with Gasteiger partial charge in [0.05, 0.1) is 5.70 Å². The Bertz CT molecular complexity index is 843. The number of aryl methyl sites for hydroxylation is 2. The van der Waals surface area contributed by atoms with Crippen LogP contribution in [0.4, 0.5) is 0 Å². The maximum atomic E-state index is 12.5. The molecule has 148 valence electrons. The maximum absolute atomic E-state index is 12.5. The standard InChI is InChI=1S/C27H29NO/c1-2-26-19-9-10-22-28(26)27(23-29,20-11-17-24-13-5-3-6-14-24)21-12-18-25-15-7-4-8-16-25/h3-10,13-16,19,22-23H,1,11-12,17-18,20-21H2. The van der Waals surface area contributed by atoms with Gasteiger partial charge < -0.3 is 9.69 Å². The lowest BCUT2D eigenvalue weighted by Crippen LogP contribution is -2.47. The third-order valence-electron chi connectivity index (χ3n) is 5.58. The van der Waals surface area contributed by atoms with Crippen LogP contribution in [0.15, 0.2) is 103 Å². The molecular weight excluding hydrogens is 354 g/mol. The molecule has 3 rings (SSSR count). The summed E-state index contributed by atoms with van der Waals surface area (Å²) in [4.78, 5) is 14.6. The van der Waals surface area contributed by atoms with E-state index in [9.17, 15) is 4.79 Å². The molecule has 0 N–H and O–H groups in total. The maximum Gasteiger partial charge on any atom is 0.145 e. The van der Waals surface area contributed by atoms with E-state index in [-0.39, 0.29) is 0 Å².